The number of nitrogens with zero attached hydrogens (tertiary/aromatic N) is 2. The first-order valence-electron chi connectivity index (χ1n) is 4.38. The lowest BCUT2D eigenvalue weighted by molar-refractivity contribution is -0.00560. The van der Waals surface area contributed by atoms with Crippen LogP contribution in [0.1, 0.15) is 0 Å². The Morgan fingerprint density at radius 2 is 1.11 bits per heavy atom. The van der Waals surface area contributed by atoms with E-state index in [9.17, 15) is 19.8 Å². The molecule has 0 bridgehead atoms. The van der Waals surface area contributed by atoms with Gasteiger partial charge in [0.2, 0.25) is 0 Å². The minimum absolute atomic E-state index is 0.543. The van der Waals surface area contributed by atoms with Gasteiger partial charge in [-0.2, -0.15) is 9.98 Å². The molecule has 0 aromatic carbocycles. The number of hydrogen-bond donors (Lipinski definition) is 8. The van der Waals surface area contributed by atoms with Crippen LogP contribution in [0.5, 0.6) is 0 Å². The molecule has 102 valence electrons. The smallest absolute Gasteiger partial charge is 0.346 e. The predicted octanol–water partition coefficient (Wildman–Crippen LogP) is -4.41. The third kappa shape index (κ3) is 6.81. The monoisotopic (exact) mass is 262 g/mol. The summed E-state index contributed by atoms with van der Waals surface area (Å²) in [5.74, 6) is -1.09. The number of amides is 4. The van der Waals surface area contributed by atoms with Gasteiger partial charge in [-0.25, -0.2) is 9.59 Å². The van der Waals surface area contributed by atoms with E-state index in [1.54, 1.807) is 10.6 Å². The Kier molecular flexibility index (Phi) is 5.88. The van der Waals surface area contributed by atoms with Crippen molar-refractivity contribution < 1.29 is 19.8 Å². The largest absolute Gasteiger partial charge is 0.370 e. The number of rotatable bonds is 3. The summed E-state index contributed by atoms with van der Waals surface area (Å²) in [6.45, 7) is 0. The number of aliphatic hydroxyl groups excluding tert-OH is 2. The molecule has 12 nitrogen and oxygen atoms in total. The fourth-order valence-corrected chi connectivity index (χ4v) is 0.710. The maximum absolute atomic E-state index is 10.9. The number of aliphatic hydroxyl groups is 2. The lowest BCUT2D eigenvalue weighted by Gasteiger charge is -2.17. The zero-order chi connectivity index (χ0) is 14.3. The van der Waals surface area contributed by atoms with E-state index in [0.29, 0.717) is 0 Å². The van der Waals surface area contributed by atoms with Crippen LogP contribution in [-0.4, -0.2) is 46.7 Å². The quantitative estimate of drug-likeness (QED) is 0.140. The SMILES string of the molecule is NC(N)=NC(=O)NC(O)C(O)NC(=O)N=C(N)N. The number of carbonyl (C=O) groups is 2. The van der Waals surface area contributed by atoms with E-state index in [0.717, 1.165) is 0 Å². The van der Waals surface area contributed by atoms with Crippen LogP contribution in [0.2, 0.25) is 0 Å². The van der Waals surface area contributed by atoms with E-state index in [1.807, 2.05) is 0 Å². The van der Waals surface area contributed by atoms with Crippen molar-refractivity contribution in [3.63, 3.8) is 0 Å². The van der Waals surface area contributed by atoms with Gasteiger partial charge < -0.3 is 43.8 Å². The van der Waals surface area contributed by atoms with Gasteiger partial charge in [-0.1, -0.05) is 0 Å². The summed E-state index contributed by atoms with van der Waals surface area (Å²) in [5, 5.41) is 22.0. The zero-order valence-corrected chi connectivity index (χ0v) is 9.07. The van der Waals surface area contributed by atoms with Crippen LogP contribution in [0.25, 0.3) is 0 Å². The molecular formula is C6H14N8O4. The van der Waals surface area contributed by atoms with Crippen LogP contribution in [0.15, 0.2) is 9.98 Å². The lowest BCUT2D eigenvalue weighted by Crippen LogP contribution is -2.51. The highest BCUT2D eigenvalue weighted by Gasteiger charge is 2.20. The average molecular weight is 262 g/mol. The van der Waals surface area contributed by atoms with Gasteiger partial charge in [0, 0.05) is 0 Å². The van der Waals surface area contributed by atoms with Crippen LogP contribution >= 0.6 is 0 Å². The second-order valence-electron chi connectivity index (χ2n) is 2.86. The molecular weight excluding hydrogens is 248 g/mol. The molecule has 12 N–H and O–H groups in total. The Hall–Kier alpha value is -2.60. The van der Waals surface area contributed by atoms with Crippen molar-refractivity contribution in [1.82, 2.24) is 10.6 Å². The molecule has 2 unspecified atom stereocenters. The van der Waals surface area contributed by atoms with Gasteiger partial charge in [0.25, 0.3) is 0 Å². The van der Waals surface area contributed by atoms with Crippen molar-refractivity contribution in [3.05, 3.63) is 0 Å². The summed E-state index contributed by atoms with van der Waals surface area (Å²) in [6.07, 6.45) is -3.72. The Balaban J connectivity index is 4.31. The average Bonchev–Trinajstić information content (AvgIpc) is 2.13. The molecule has 0 aliphatic rings. The number of aliphatic imine (C=N–C) groups is 2. The highest BCUT2D eigenvalue weighted by molar-refractivity contribution is 5.91. The van der Waals surface area contributed by atoms with Crippen LogP contribution in [0, 0.1) is 0 Å². The van der Waals surface area contributed by atoms with Crippen molar-refractivity contribution in [2.45, 2.75) is 12.5 Å². The Morgan fingerprint density at radius 3 is 1.33 bits per heavy atom. The zero-order valence-electron chi connectivity index (χ0n) is 9.07. The summed E-state index contributed by atoms with van der Waals surface area (Å²) in [5.41, 5.74) is 19.6. The molecule has 4 amide bonds. The molecule has 12 heteroatoms. The van der Waals surface area contributed by atoms with E-state index in [2.05, 4.69) is 9.98 Å². The summed E-state index contributed by atoms with van der Waals surface area (Å²) in [6, 6.07) is -2.23. The third-order valence-electron chi connectivity index (χ3n) is 1.30. The fraction of sp³-hybridized carbons (Fsp3) is 0.333. The lowest BCUT2D eigenvalue weighted by atomic mass is 10.5. The van der Waals surface area contributed by atoms with Crippen molar-refractivity contribution in [1.29, 1.82) is 0 Å². The van der Waals surface area contributed by atoms with E-state index in [-0.39, 0.29) is 0 Å². The van der Waals surface area contributed by atoms with Gasteiger partial charge in [0.1, 0.15) is 0 Å². The maximum atomic E-state index is 10.9. The Labute approximate surface area is 101 Å². The summed E-state index contributed by atoms with van der Waals surface area (Å²) in [4.78, 5) is 27.8. The third-order valence-corrected chi connectivity index (χ3v) is 1.30. The molecule has 0 aliphatic heterocycles. The van der Waals surface area contributed by atoms with E-state index in [4.69, 9.17) is 22.9 Å². The summed E-state index contributed by atoms with van der Waals surface area (Å²) >= 11 is 0. The molecule has 0 radical (unpaired) electrons. The second-order valence-corrected chi connectivity index (χ2v) is 2.86. The highest BCUT2D eigenvalue weighted by atomic mass is 16.4. The molecule has 0 aromatic heterocycles. The molecule has 0 heterocycles. The van der Waals surface area contributed by atoms with Gasteiger partial charge in [-0.15, -0.1) is 0 Å². The normalized spacial score (nSPS) is 12.8. The minimum atomic E-state index is -1.86. The van der Waals surface area contributed by atoms with Crippen LogP contribution < -0.4 is 33.6 Å². The summed E-state index contributed by atoms with van der Waals surface area (Å²) in [7, 11) is 0. The predicted molar refractivity (Wildman–Crippen MR) is 60.7 cm³/mol. The number of urea groups is 2. The molecule has 0 fully saturated rings. The van der Waals surface area contributed by atoms with Gasteiger partial charge in [0.05, 0.1) is 0 Å². The minimum Gasteiger partial charge on any atom is -0.370 e. The van der Waals surface area contributed by atoms with E-state index < -0.39 is 36.4 Å². The highest BCUT2D eigenvalue weighted by Crippen LogP contribution is 1.88. The topological polar surface area (TPSA) is 227 Å². The fourth-order valence-electron chi connectivity index (χ4n) is 0.710. The van der Waals surface area contributed by atoms with Crippen molar-refractivity contribution in [2.24, 2.45) is 32.9 Å². The number of hydrogen-bond acceptors (Lipinski definition) is 4. The molecule has 0 aliphatic carbocycles. The first-order valence-corrected chi connectivity index (χ1v) is 4.38. The van der Waals surface area contributed by atoms with Crippen molar-refractivity contribution in [3.8, 4) is 0 Å². The molecule has 0 spiro atoms. The standard InChI is InChI=1S/C6H14N8O4/c7-3(8)13-5(17)11-1(15)2(16)12-6(18)14-4(9)10/h1-2,15-16H,(H5,7,8,11,13,17)(H5,9,10,12,14,18). The van der Waals surface area contributed by atoms with Crippen molar-refractivity contribution in [2.75, 3.05) is 0 Å². The molecule has 0 saturated heterocycles. The number of nitrogens with one attached hydrogen (secondary N) is 2. The Bertz CT molecular complexity index is 336. The first kappa shape index (κ1) is 15.4. The van der Waals surface area contributed by atoms with E-state index >= 15 is 0 Å². The van der Waals surface area contributed by atoms with Crippen LogP contribution in [0.3, 0.4) is 0 Å². The number of carbonyl (C=O) groups excluding carboxylic acids is 2. The maximum Gasteiger partial charge on any atom is 0.346 e. The van der Waals surface area contributed by atoms with Gasteiger partial charge in [0.15, 0.2) is 24.4 Å². The molecule has 0 saturated carbocycles. The molecule has 18 heavy (non-hydrogen) atoms. The van der Waals surface area contributed by atoms with Gasteiger partial charge in [-0.3, -0.25) is 0 Å². The summed E-state index contributed by atoms with van der Waals surface area (Å²) < 4.78 is 0. The molecule has 0 aromatic rings. The van der Waals surface area contributed by atoms with Gasteiger partial charge >= 0.3 is 12.1 Å². The number of guanidine groups is 2. The van der Waals surface area contributed by atoms with Crippen LogP contribution in [-0.2, 0) is 0 Å². The van der Waals surface area contributed by atoms with E-state index in [1.165, 1.54) is 0 Å². The second kappa shape index (κ2) is 6.87. The van der Waals surface area contributed by atoms with Crippen LogP contribution in [0.4, 0.5) is 9.59 Å². The van der Waals surface area contributed by atoms with Crippen molar-refractivity contribution >= 4 is 24.0 Å². The number of nitrogens with two attached hydrogens (primary N) is 4. The molecule has 2 atom stereocenters. The first-order chi connectivity index (χ1) is 8.22. The molecule has 0 rings (SSSR count). The van der Waals surface area contributed by atoms with Gasteiger partial charge in [-0.05, 0) is 0 Å². The Morgan fingerprint density at radius 1 is 0.833 bits per heavy atom.